The minimum atomic E-state index is -0.469. The van der Waals surface area contributed by atoms with Crippen LogP contribution in [-0.4, -0.2) is 76.3 Å². The monoisotopic (exact) mass is 471 g/mol. The van der Waals surface area contributed by atoms with E-state index in [4.69, 9.17) is 9.47 Å². The average Bonchev–Trinajstić information content (AvgIpc) is 3.08. The Hall–Kier alpha value is -2.28. The summed E-state index contributed by atoms with van der Waals surface area (Å²) in [5.41, 5.74) is 0.558. The fraction of sp³-hybridized carbons (Fsp3) is 0.704. The van der Waals surface area contributed by atoms with Crippen LogP contribution in [0.25, 0.3) is 0 Å². The fourth-order valence-electron chi connectivity index (χ4n) is 6.11. The molecule has 3 fully saturated rings. The number of hydrogen-bond donors (Lipinski definition) is 0. The van der Waals surface area contributed by atoms with Crippen LogP contribution in [0.15, 0.2) is 30.3 Å². The van der Waals surface area contributed by atoms with Gasteiger partial charge in [0.05, 0.1) is 0 Å². The van der Waals surface area contributed by atoms with Crippen molar-refractivity contribution in [1.82, 2.24) is 14.7 Å². The maximum atomic E-state index is 12.7. The van der Waals surface area contributed by atoms with Gasteiger partial charge in [0.15, 0.2) is 0 Å². The van der Waals surface area contributed by atoms with Crippen molar-refractivity contribution in [1.29, 1.82) is 0 Å². The summed E-state index contributed by atoms with van der Waals surface area (Å²) < 4.78 is 11.2. The van der Waals surface area contributed by atoms with Crippen molar-refractivity contribution in [3.8, 4) is 0 Å². The number of nitrogens with zero attached hydrogens (tertiary/aromatic N) is 3. The van der Waals surface area contributed by atoms with E-state index in [0.29, 0.717) is 24.6 Å². The number of carbonyl (C=O) groups excluding carboxylic acids is 2. The summed E-state index contributed by atoms with van der Waals surface area (Å²) in [6.45, 7) is 13.7. The lowest BCUT2D eigenvalue weighted by atomic mass is 9.78. The van der Waals surface area contributed by atoms with Crippen molar-refractivity contribution >= 4 is 12.2 Å². The molecule has 3 saturated heterocycles. The normalized spacial score (nSPS) is 24.3. The number of hydrogen-bond acceptors (Lipinski definition) is 5. The van der Waals surface area contributed by atoms with Gasteiger partial charge in [0.1, 0.15) is 12.2 Å². The quantitative estimate of drug-likeness (QED) is 0.625. The molecule has 2 bridgehead atoms. The van der Waals surface area contributed by atoms with Crippen molar-refractivity contribution < 1.29 is 19.1 Å². The van der Waals surface area contributed by atoms with E-state index in [1.165, 1.54) is 0 Å². The summed E-state index contributed by atoms with van der Waals surface area (Å²) in [6, 6.07) is 10.6. The molecule has 0 aliphatic carbocycles. The van der Waals surface area contributed by atoms with E-state index in [9.17, 15) is 9.59 Å². The topological polar surface area (TPSA) is 62.3 Å². The van der Waals surface area contributed by atoms with Gasteiger partial charge in [-0.05, 0) is 71.8 Å². The Morgan fingerprint density at radius 2 is 1.44 bits per heavy atom. The van der Waals surface area contributed by atoms with Gasteiger partial charge in [0.25, 0.3) is 0 Å². The van der Waals surface area contributed by atoms with E-state index in [0.717, 1.165) is 57.4 Å². The second-order valence-electron chi connectivity index (χ2n) is 11.6. The van der Waals surface area contributed by atoms with Gasteiger partial charge in [-0.15, -0.1) is 0 Å². The van der Waals surface area contributed by atoms with Gasteiger partial charge in [0, 0.05) is 43.8 Å². The van der Waals surface area contributed by atoms with Gasteiger partial charge < -0.3 is 19.3 Å². The molecule has 0 radical (unpaired) electrons. The lowest BCUT2D eigenvalue weighted by Gasteiger charge is -2.53. The summed E-state index contributed by atoms with van der Waals surface area (Å²) in [7, 11) is 0. The molecule has 34 heavy (non-hydrogen) atoms. The van der Waals surface area contributed by atoms with Crippen molar-refractivity contribution in [2.75, 3.05) is 26.2 Å². The first-order valence-corrected chi connectivity index (χ1v) is 12.8. The predicted molar refractivity (Wildman–Crippen MR) is 131 cm³/mol. The second-order valence-corrected chi connectivity index (χ2v) is 11.6. The number of piperidine rings is 1. The van der Waals surface area contributed by atoms with E-state index in [1.807, 2.05) is 60.9 Å². The van der Waals surface area contributed by atoms with E-state index in [2.05, 4.69) is 18.7 Å². The predicted octanol–water partition coefficient (Wildman–Crippen LogP) is 4.90. The molecule has 0 saturated carbocycles. The van der Waals surface area contributed by atoms with Gasteiger partial charge >= 0.3 is 12.2 Å². The molecule has 1 aromatic carbocycles. The molecular weight excluding hydrogens is 430 g/mol. The SMILES string of the molecule is CC(C)(C)OC(=O)N1CC2CCC(C1)N2C(C)(C)C1CCN(C(=O)OCc2ccccc2)CC1. The first-order chi connectivity index (χ1) is 16.0. The maximum Gasteiger partial charge on any atom is 0.410 e. The van der Waals surface area contributed by atoms with Gasteiger partial charge in [-0.2, -0.15) is 0 Å². The lowest BCUT2D eigenvalue weighted by Crippen LogP contribution is -2.64. The third kappa shape index (κ3) is 5.51. The number of ether oxygens (including phenoxy) is 2. The van der Waals surface area contributed by atoms with Crippen LogP contribution >= 0.6 is 0 Å². The Morgan fingerprint density at radius 3 is 2.00 bits per heavy atom. The van der Waals surface area contributed by atoms with Gasteiger partial charge in [0.2, 0.25) is 0 Å². The summed E-state index contributed by atoms with van der Waals surface area (Å²) in [5, 5.41) is 0. The highest BCUT2D eigenvalue weighted by molar-refractivity contribution is 5.68. The molecule has 2 unspecified atom stereocenters. The van der Waals surface area contributed by atoms with Crippen LogP contribution in [0.1, 0.15) is 65.9 Å². The number of benzene rings is 1. The zero-order valence-electron chi connectivity index (χ0n) is 21.5. The van der Waals surface area contributed by atoms with Crippen molar-refractivity contribution in [2.24, 2.45) is 5.92 Å². The van der Waals surface area contributed by atoms with E-state index >= 15 is 0 Å². The van der Waals surface area contributed by atoms with Crippen molar-refractivity contribution in [2.45, 2.75) is 90.1 Å². The fourth-order valence-corrected chi connectivity index (χ4v) is 6.11. The number of piperazine rings is 1. The molecule has 3 aliphatic heterocycles. The maximum absolute atomic E-state index is 12.7. The van der Waals surface area contributed by atoms with E-state index in [1.54, 1.807) is 0 Å². The molecule has 4 rings (SSSR count). The molecule has 0 N–H and O–H groups in total. The molecule has 2 amide bonds. The Morgan fingerprint density at radius 1 is 0.853 bits per heavy atom. The van der Waals surface area contributed by atoms with Crippen LogP contribution in [0.5, 0.6) is 0 Å². The van der Waals surface area contributed by atoms with E-state index < -0.39 is 5.60 Å². The Bertz CT molecular complexity index is 844. The van der Waals surface area contributed by atoms with Crippen LogP contribution in [0, 0.1) is 5.92 Å². The molecule has 3 heterocycles. The van der Waals surface area contributed by atoms with Crippen LogP contribution < -0.4 is 0 Å². The summed E-state index contributed by atoms with van der Waals surface area (Å²) >= 11 is 0. The van der Waals surface area contributed by atoms with Crippen molar-refractivity contribution in [3.05, 3.63) is 35.9 Å². The molecule has 7 heteroatoms. The largest absolute Gasteiger partial charge is 0.445 e. The third-order valence-corrected chi connectivity index (χ3v) is 7.76. The number of amides is 2. The smallest absolute Gasteiger partial charge is 0.410 e. The van der Waals surface area contributed by atoms with Gasteiger partial charge in [-0.1, -0.05) is 30.3 Å². The van der Waals surface area contributed by atoms with Crippen LogP contribution in [0.2, 0.25) is 0 Å². The molecule has 0 aromatic heterocycles. The highest BCUT2D eigenvalue weighted by Crippen LogP contribution is 2.42. The molecule has 3 aliphatic rings. The minimum absolute atomic E-state index is 0.0197. The van der Waals surface area contributed by atoms with E-state index in [-0.39, 0.29) is 17.7 Å². The number of rotatable bonds is 4. The summed E-state index contributed by atoms with van der Waals surface area (Å²) in [6.07, 6.45) is 3.78. The zero-order chi connectivity index (χ0) is 24.5. The Labute approximate surface area is 204 Å². The highest BCUT2D eigenvalue weighted by atomic mass is 16.6. The van der Waals surface area contributed by atoms with Crippen LogP contribution in [0.3, 0.4) is 0 Å². The van der Waals surface area contributed by atoms with Crippen LogP contribution in [-0.2, 0) is 16.1 Å². The van der Waals surface area contributed by atoms with Gasteiger partial charge in [-0.3, -0.25) is 4.90 Å². The molecule has 0 spiro atoms. The molecule has 2 atom stereocenters. The Balaban J connectivity index is 1.30. The summed E-state index contributed by atoms with van der Waals surface area (Å²) in [5.74, 6) is 0.502. The van der Waals surface area contributed by atoms with Crippen molar-refractivity contribution in [3.63, 3.8) is 0 Å². The third-order valence-electron chi connectivity index (χ3n) is 7.76. The molecule has 188 valence electrons. The van der Waals surface area contributed by atoms with Crippen LogP contribution in [0.4, 0.5) is 9.59 Å². The molecule has 1 aromatic rings. The van der Waals surface area contributed by atoms with Gasteiger partial charge in [-0.25, -0.2) is 9.59 Å². The number of carbonyl (C=O) groups is 2. The lowest BCUT2D eigenvalue weighted by molar-refractivity contribution is -0.0534. The first-order valence-electron chi connectivity index (χ1n) is 12.8. The number of likely N-dealkylation sites (tertiary alicyclic amines) is 2. The number of fused-ring (bicyclic) bond motifs is 2. The minimum Gasteiger partial charge on any atom is -0.445 e. The zero-order valence-corrected chi connectivity index (χ0v) is 21.5. The standard InChI is InChI=1S/C27H41N3O4/c1-26(2,3)34-25(32)29-17-22-11-12-23(18-29)30(22)27(4,5)21-13-15-28(16-14-21)24(31)33-19-20-9-7-6-8-10-20/h6-10,21-23H,11-19H2,1-5H3. The highest BCUT2D eigenvalue weighted by Gasteiger charge is 2.50. The molecule has 7 nitrogen and oxygen atoms in total. The first kappa shape index (κ1) is 24.8. The second kappa shape index (κ2) is 9.76. The summed E-state index contributed by atoms with van der Waals surface area (Å²) in [4.78, 5) is 31.7. The molecular formula is C27H41N3O4. The Kier molecular flexibility index (Phi) is 7.13. The average molecular weight is 472 g/mol.